The summed E-state index contributed by atoms with van der Waals surface area (Å²) in [7, 11) is 0. The van der Waals surface area contributed by atoms with Gasteiger partial charge in [0.1, 0.15) is 11.3 Å². The molecule has 0 spiro atoms. The number of hydrogen-bond acceptors (Lipinski definition) is 5. The van der Waals surface area contributed by atoms with E-state index >= 15 is 0 Å². The number of nitro groups is 1. The third-order valence-electron chi connectivity index (χ3n) is 3.45. The summed E-state index contributed by atoms with van der Waals surface area (Å²) in [5.74, 6) is -0.738. The first-order valence-corrected chi connectivity index (χ1v) is 6.71. The average Bonchev–Trinajstić information content (AvgIpc) is 2.36. The summed E-state index contributed by atoms with van der Waals surface area (Å²) in [5.41, 5.74) is -0.790. The summed E-state index contributed by atoms with van der Waals surface area (Å²) in [4.78, 5) is 22.6. The van der Waals surface area contributed by atoms with Crippen LogP contribution in [-0.4, -0.2) is 34.2 Å². The molecule has 1 unspecified atom stereocenters. The molecule has 1 heterocycles. The van der Waals surface area contributed by atoms with E-state index in [1.165, 1.54) is 6.07 Å². The van der Waals surface area contributed by atoms with Crippen LogP contribution >= 0.6 is 0 Å². The maximum Gasteiger partial charge on any atom is 0.282 e. The standard InChI is InChI=1S/C14H18N2O5/c1-14(2)8-9(5-6-21-14)15-13(18)11-7-10(17)3-4-12(11)16(19)20/h3-4,7,9,17H,5-6,8H2,1-2H3,(H,15,18). The van der Waals surface area contributed by atoms with Crippen molar-refractivity contribution in [2.24, 2.45) is 0 Å². The molecule has 0 bridgehead atoms. The molecule has 7 nitrogen and oxygen atoms in total. The lowest BCUT2D eigenvalue weighted by molar-refractivity contribution is -0.385. The molecule has 0 saturated carbocycles. The van der Waals surface area contributed by atoms with Gasteiger partial charge in [0.15, 0.2) is 0 Å². The zero-order valence-corrected chi connectivity index (χ0v) is 12.0. The van der Waals surface area contributed by atoms with Crippen LogP contribution in [0.4, 0.5) is 5.69 Å². The van der Waals surface area contributed by atoms with Crippen LogP contribution in [0.25, 0.3) is 0 Å². The number of rotatable bonds is 3. The molecule has 1 atom stereocenters. The third-order valence-corrected chi connectivity index (χ3v) is 3.45. The van der Waals surface area contributed by atoms with Gasteiger partial charge in [-0.05, 0) is 38.8 Å². The summed E-state index contributed by atoms with van der Waals surface area (Å²) in [5, 5.41) is 23.2. The van der Waals surface area contributed by atoms with E-state index in [9.17, 15) is 20.0 Å². The summed E-state index contributed by atoms with van der Waals surface area (Å²) in [6.07, 6.45) is 1.28. The minimum atomic E-state index is -0.637. The Morgan fingerprint density at radius 3 is 2.86 bits per heavy atom. The van der Waals surface area contributed by atoms with Gasteiger partial charge in [0, 0.05) is 18.7 Å². The van der Waals surface area contributed by atoms with Crippen molar-refractivity contribution in [2.75, 3.05) is 6.61 Å². The van der Waals surface area contributed by atoms with Crippen LogP contribution in [0.5, 0.6) is 5.75 Å². The monoisotopic (exact) mass is 294 g/mol. The van der Waals surface area contributed by atoms with E-state index in [1.54, 1.807) is 0 Å². The number of carbonyl (C=O) groups excluding carboxylic acids is 1. The minimum Gasteiger partial charge on any atom is -0.508 e. The van der Waals surface area contributed by atoms with E-state index < -0.39 is 10.8 Å². The normalized spacial score (nSPS) is 20.8. The summed E-state index contributed by atoms with van der Waals surface area (Å²) >= 11 is 0. The number of aromatic hydroxyl groups is 1. The lowest BCUT2D eigenvalue weighted by Gasteiger charge is -2.35. The minimum absolute atomic E-state index is 0.108. The molecule has 1 saturated heterocycles. The van der Waals surface area contributed by atoms with Crippen molar-refractivity contribution in [1.82, 2.24) is 5.32 Å². The Kier molecular flexibility index (Phi) is 4.13. The van der Waals surface area contributed by atoms with Gasteiger partial charge in [-0.25, -0.2) is 0 Å². The van der Waals surface area contributed by atoms with Crippen molar-refractivity contribution in [2.45, 2.75) is 38.3 Å². The van der Waals surface area contributed by atoms with E-state index in [-0.39, 0.29) is 28.6 Å². The number of ether oxygens (including phenoxy) is 1. The van der Waals surface area contributed by atoms with Crippen molar-refractivity contribution in [3.63, 3.8) is 0 Å². The van der Waals surface area contributed by atoms with Gasteiger partial charge in [-0.1, -0.05) is 0 Å². The fourth-order valence-corrected chi connectivity index (χ4v) is 2.48. The predicted octanol–water partition coefficient (Wildman–Crippen LogP) is 1.99. The molecule has 114 valence electrons. The van der Waals surface area contributed by atoms with E-state index in [1.807, 2.05) is 13.8 Å². The van der Waals surface area contributed by atoms with Crippen LogP contribution in [0.1, 0.15) is 37.0 Å². The van der Waals surface area contributed by atoms with Crippen LogP contribution in [0.3, 0.4) is 0 Å². The number of carbonyl (C=O) groups is 1. The highest BCUT2D eigenvalue weighted by Crippen LogP contribution is 2.26. The molecule has 1 amide bonds. The van der Waals surface area contributed by atoms with Crippen molar-refractivity contribution in [3.8, 4) is 5.75 Å². The van der Waals surface area contributed by atoms with Crippen molar-refractivity contribution < 1.29 is 19.6 Å². The van der Waals surface area contributed by atoms with Crippen LogP contribution in [-0.2, 0) is 4.74 Å². The molecule has 0 radical (unpaired) electrons. The first-order valence-electron chi connectivity index (χ1n) is 6.71. The quantitative estimate of drug-likeness (QED) is 0.655. The summed E-state index contributed by atoms with van der Waals surface area (Å²) in [6, 6.07) is 3.31. The first kappa shape index (κ1) is 15.2. The Balaban J connectivity index is 2.17. The summed E-state index contributed by atoms with van der Waals surface area (Å²) in [6.45, 7) is 4.39. The van der Waals surface area contributed by atoms with Gasteiger partial charge in [0.25, 0.3) is 11.6 Å². The lowest BCUT2D eigenvalue weighted by atomic mass is 9.93. The molecule has 21 heavy (non-hydrogen) atoms. The lowest BCUT2D eigenvalue weighted by Crippen LogP contribution is -2.45. The molecule has 1 aliphatic heterocycles. The van der Waals surface area contributed by atoms with Gasteiger partial charge in [-0.15, -0.1) is 0 Å². The Morgan fingerprint density at radius 2 is 2.24 bits per heavy atom. The molecule has 0 aromatic heterocycles. The number of hydrogen-bond donors (Lipinski definition) is 2. The van der Waals surface area contributed by atoms with E-state index in [4.69, 9.17) is 4.74 Å². The molecular formula is C14H18N2O5. The van der Waals surface area contributed by atoms with Crippen molar-refractivity contribution >= 4 is 11.6 Å². The second kappa shape index (κ2) is 5.69. The molecule has 7 heteroatoms. The Morgan fingerprint density at radius 1 is 1.52 bits per heavy atom. The van der Waals surface area contributed by atoms with Crippen LogP contribution < -0.4 is 5.32 Å². The number of nitro benzene ring substituents is 1. The molecule has 1 fully saturated rings. The smallest absolute Gasteiger partial charge is 0.282 e. The van der Waals surface area contributed by atoms with E-state index in [0.717, 1.165) is 12.1 Å². The van der Waals surface area contributed by atoms with Gasteiger partial charge >= 0.3 is 0 Å². The number of benzene rings is 1. The number of nitrogens with one attached hydrogen (secondary N) is 1. The van der Waals surface area contributed by atoms with E-state index in [2.05, 4.69) is 5.32 Å². The first-order chi connectivity index (χ1) is 9.78. The third kappa shape index (κ3) is 3.69. The topological polar surface area (TPSA) is 102 Å². The van der Waals surface area contributed by atoms with Crippen molar-refractivity contribution in [1.29, 1.82) is 0 Å². The molecule has 0 aliphatic carbocycles. The number of phenolic OH excluding ortho intramolecular Hbond substituents is 1. The molecule has 1 aromatic rings. The van der Waals surface area contributed by atoms with Gasteiger partial charge in [0.05, 0.1) is 10.5 Å². The van der Waals surface area contributed by atoms with Crippen LogP contribution in [0, 0.1) is 10.1 Å². The summed E-state index contributed by atoms with van der Waals surface area (Å²) < 4.78 is 5.56. The number of amides is 1. The highest BCUT2D eigenvalue weighted by atomic mass is 16.6. The zero-order valence-electron chi connectivity index (χ0n) is 12.0. The van der Waals surface area contributed by atoms with Gasteiger partial charge in [0.2, 0.25) is 0 Å². The molecule has 2 rings (SSSR count). The predicted molar refractivity (Wildman–Crippen MR) is 75.3 cm³/mol. The molecular weight excluding hydrogens is 276 g/mol. The fraction of sp³-hybridized carbons (Fsp3) is 0.500. The largest absolute Gasteiger partial charge is 0.508 e. The van der Waals surface area contributed by atoms with Crippen LogP contribution in [0.15, 0.2) is 18.2 Å². The highest BCUT2D eigenvalue weighted by molar-refractivity contribution is 5.98. The molecule has 1 aliphatic rings. The second-order valence-corrected chi connectivity index (χ2v) is 5.73. The van der Waals surface area contributed by atoms with Gasteiger partial charge < -0.3 is 15.2 Å². The molecule has 1 aromatic carbocycles. The number of phenols is 1. The van der Waals surface area contributed by atoms with E-state index in [0.29, 0.717) is 19.4 Å². The fourth-order valence-electron chi connectivity index (χ4n) is 2.48. The number of nitrogens with zero attached hydrogens (tertiary/aromatic N) is 1. The Bertz CT molecular complexity index is 570. The maximum atomic E-state index is 12.2. The van der Waals surface area contributed by atoms with Gasteiger partial charge in [-0.3, -0.25) is 14.9 Å². The van der Waals surface area contributed by atoms with Crippen molar-refractivity contribution in [3.05, 3.63) is 33.9 Å². The SMILES string of the molecule is CC1(C)CC(NC(=O)c2cc(O)ccc2[N+](=O)[O-])CCO1. The average molecular weight is 294 g/mol. The molecule has 2 N–H and O–H groups in total. The second-order valence-electron chi connectivity index (χ2n) is 5.73. The van der Waals surface area contributed by atoms with Gasteiger partial charge in [-0.2, -0.15) is 0 Å². The Labute approximate surface area is 122 Å². The Hall–Kier alpha value is -2.15. The maximum absolute atomic E-state index is 12.2. The van der Waals surface area contributed by atoms with Crippen LogP contribution in [0.2, 0.25) is 0 Å². The zero-order chi connectivity index (χ0) is 15.6. The highest BCUT2D eigenvalue weighted by Gasteiger charge is 2.31.